The molecule has 1 spiro atoms. The number of anilines is 1. The van der Waals surface area contributed by atoms with E-state index in [0.717, 1.165) is 26.1 Å². The van der Waals surface area contributed by atoms with Crippen molar-refractivity contribution >= 4 is 40.0 Å². The first kappa shape index (κ1) is 57.0. The van der Waals surface area contributed by atoms with Crippen molar-refractivity contribution in [3.8, 4) is 17.2 Å². The molecule has 2 fully saturated rings. The summed E-state index contributed by atoms with van der Waals surface area (Å²) in [6.07, 6.45) is 4.59. The van der Waals surface area contributed by atoms with E-state index in [9.17, 15) is 39.6 Å². The van der Waals surface area contributed by atoms with E-state index in [1.54, 1.807) is 64.7 Å². The first-order valence-electron chi connectivity index (χ1n) is 27.2. The summed E-state index contributed by atoms with van der Waals surface area (Å²) >= 11 is 0. The van der Waals surface area contributed by atoms with Crippen LogP contribution < -0.4 is 20.8 Å². The van der Waals surface area contributed by atoms with Crippen LogP contribution in [0, 0.1) is 36.5 Å². The van der Waals surface area contributed by atoms with Crippen molar-refractivity contribution in [3.05, 3.63) is 93.9 Å². The summed E-state index contributed by atoms with van der Waals surface area (Å²) in [7, 11) is 1.45. The monoisotopic (exact) mass is 1060 g/mol. The van der Waals surface area contributed by atoms with E-state index in [4.69, 9.17) is 28.9 Å². The van der Waals surface area contributed by atoms with E-state index in [-0.39, 0.29) is 55.5 Å². The van der Waals surface area contributed by atoms with Crippen molar-refractivity contribution < 1.29 is 58.6 Å². The maximum absolute atomic E-state index is 15.0. The first-order chi connectivity index (χ1) is 36.6. The lowest BCUT2D eigenvalue weighted by atomic mass is 9.78. The minimum atomic E-state index is -2.02. The predicted molar refractivity (Wildman–Crippen MR) is 290 cm³/mol. The number of hydrogen-bond donors (Lipinski definition) is 5. The molecule has 3 aromatic carbocycles. The largest absolute Gasteiger partial charge is 0.507 e. The van der Waals surface area contributed by atoms with E-state index in [2.05, 4.69) is 41.1 Å². The number of rotatable bonds is 8. The standard InChI is InChI=1S/C59H78N6O12/c1-33(2)31-64-25-21-59(22-26-64)61-47-44-45-52(70)39(8)55-46(44)56(72)58(9,77-55)75-29-20-41(74-10)36(5)54(76-43(67)30-42(66)65-24-15-23-63(27-28-65)32-40-18-12-11-13-19-40)38(7)51(69)37(6)50(68)34(3)16-14-17-35(4)57(73)60-49(53(45)71)48(47)62-59/h11-14,16-20,29,33-34,36-38,41,50-51,54,68-71H,15,21-28,30-32H2,1-10H3,(H,60,73)/b16-14+,29-20+,35-17-/t34-,36+,37+,38+,41-,50-,51+,54+,58-/m0/s1. The minimum Gasteiger partial charge on any atom is -0.507 e. The predicted octanol–water partition coefficient (Wildman–Crippen LogP) is 5.85. The van der Waals surface area contributed by atoms with Crippen LogP contribution >= 0.6 is 0 Å². The molecule has 6 heterocycles. The van der Waals surface area contributed by atoms with Crippen molar-refractivity contribution in [1.82, 2.24) is 14.7 Å². The molecule has 0 unspecified atom stereocenters. The molecule has 5 N–H and O–H groups in total. The number of phenols is 2. The topological polar surface area (TPSA) is 233 Å². The number of ketones is 1. The van der Waals surface area contributed by atoms with Gasteiger partial charge in [0.1, 0.15) is 35.1 Å². The molecule has 6 aliphatic heterocycles. The second-order valence-corrected chi connectivity index (χ2v) is 22.5. The molecule has 18 nitrogen and oxygen atoms in total. The summed E-state index contributed by atoms with van der Waals surface area (Å²) in [5.41, 5.74) is 0.484. The molecule has 77 heavy (non-hydrogen) atoms. The molecular weight excluding hydrogens is 985 g/mol. The summed E-state index contributed by atoms with van der Waals surface area (Å²) in [6.45, 7) is 21.2. The zero-order chi connectivity index (χ0) is 55.7. The highest BCUT2D eigenvalue weighted by molar-refractivity contribution is 6.19. The van der Waals surface area contributed by atoms with Crippen LogP contribution in [0.4, 0.5) is 5.69 Å². The second-order valence-electron chi connectivity index (χ2n) is 22.5. The number of aliphatic hydroxyl groups is 2. The molecule has 18 heteroatoms. The normalized spacial score (nSPS) is 29.9. The van der Waals surface area contributed by atoms with E-state index in [1.807, 2.05) is 18.2 Å². The molecule has 3 aromatic rings. The third kappa shape index (κ3) is 11.8. The molecule has 2 amide bonds. The molecule has 6 aliphatic rings. The van der Waals surface area contributed by atoms with Gasteiger partial charge < -0.3 is 54.5 Å². The highest BCUT2D eigenvalue weighted by Gasteiger charge is 2.50. The highest BCUT2D eigenvalue weighted by Crippen LogP contribution is 2.50. The van der Waals surface area contributed by atoms with Crippen LogP contribution in [0.2, 0.25) is 0 Å². The Hall–Kier alpha value is -6.18. The van der Waals surface area contributed by atoms with Crippen LogP contribution in [0.15, 0.2) is 76.5 Å². The molecule has 0 aliphatic carbocycles. The number of ether oxygens (including phenoxy) is 4. The molecule has 5 bridgehead atoms. The number of carbonyl (C=O) groups is 4. The van der Waals surface area contributed by atoms with Gasteiger partial charge in [0.2, 0.25) is 5.91 Å². The van der Waals surface area contributed by atoms with E-state index >= 15 is 0 Å². The van der Waals surface area contributed by atoms with Crippen molar-refractivity contribution in [2.75, 3.05) is 58.2 Å². The number of allylic oxidation sites excluding steroid dienone is 2. The van der Waals surface area contributed by atoms with Gasteiger partial charge in [-0.25, -0.2) is 0 Å². The molecule has 9 atom stereocenters. The fourth-order valence-corrected chi connectivity index (χ4v) is 11.7. The summed E-state index contributed by atoms with van der Waals surface area (Å²) in [4.78, 5) is 73.5. The molecule has 0 radical (unpaired) electrons. The average Bonchev–Trinajstić information content (AvgIpc) is 4.06. The Kier molecular flexibility index (Phi) is 17.3. The van der Waals surface area contributed by atoms with Gasteiger partial charge in [-0.1, -0.05) is 90.1 Å². The van der Waals surface area contributed by atoms with Crippen molar-refractivity contribution in [2.24, 2.45) is 39.6 Å². The van der Waals surface area contributed by atoms with Crippen LogP contribution in [0.1, 0.15) is 103 Å². The van der Waals surface area contributed by atoms with Gasteiger partial charge in [-0.2, -0.15) is 0 Å². The smallest absolute Gasteiger partial charge is 0.315 e. The quantitative estimate of drug-likeness (QED) is 0.101. The summed E-state index contributed by atoms with van der Waals surface area (Å²) < 4.78 is 24.8. The molecule has 416 valence electrons. The number of Topliss-reactive ketones (excluding diaryl/α,β-unsaturated/α-hetero) is 1. The van der Waals surface area contributed by atoms with Gasteiger partial charge in [-0.05, 0) is 37.8 Å². The molecular formula is C59H78N6O12. The molecule has 2 saturated heterocycles. The number of methoxy groups -OCH3 is 1. The van der Waals surface area contributed by atoms with Crippen LogP contribution in [0.5, 0.6) is 17.2 Å². The van der Waals surface area contributed by atoms with Gasteiger partial charge in [0.05, 0.1) is 40.9 Å². The Morgan fingerprint density at radius 1 is 0.857 bits per heavy atom. The lowest BCUT2D eigenvalue weighted by Gasteiger charge is -2.38. The van der Waals surface area contributed by atoms with Gasteiger partial charge in [-0.3, -0.25) is 34.1 Å². The Morgan fingerprint density at radius 3 is 2.25 bits per heavy atom. The number of nitrogens with zero attached hydrogens (tertiary/aromatic N) is 5. The van der Waals surface area contributed by atoms with E-state index < -0.39 is 95.1 Å². The number of phenolic OH excluding ortho intramolecular Hbond substituents is 2. The molecule has 0 saturated carbocycles. The number of aliphatic hydroxyl groups excluding tert-OH is 2. The first-order valence-corrected chi connectivity index (χ1v) is 27.2. The maximum Gasteiger partial charge on any atom is 0.315 e. The van der Waals surface area contributed by atoms with Crippen molar-refractivity contribution in [3.63, 3.8) is 0 Å². The Labute approximate surface area is 451 Å². The SMILES string of the molecule is CO[C@H]1/C=C/O[C@@]2(C)Oc3c(C)c(O)c4c(O)c(c5c(c4c3C2=O)=NC2(CCN(CC(C)C)CC2)N=5)NC(=O)/C(C)=C\C=C\[C@H](C)[C@H](O)[C@@H](C)[C@@H](O)[C@@H](C)[C@H](OC(=O)CC(=O)N2CCCN(Cc3ccccc3)CC2)[C@@H]1C. The highest BCUT2D eigenvalue weighted by atomic mass is 16.7. The van der Waals surface area contributed by atoms with Crippen LogP contribution in [-0.4, -0.2) is 147 Å². The zero-order valence-corrected chi connectivity index (χ0v) is 46.2. The Morgan fingerprint density at radius 2 is 1.56 bits per heavy atom. The van der Waals surface area contributed by atoms with Gasteiger partial charge in [0.25, 0.3) is 11.7 Å². The van der Waals surface area contributed by atoms with Crippen LogP contribution in [-0.2, 0) is 35.1 Å². The van der Waals surface area contributed by atoms with Gasteiger partial charge in [-0.15, -0.1) is 0 Å². The summed E-state index contributed by atoms with van der Waals surface area (Å²) in [6, 6.07) is 10.1. The number of benzene rings is 3. The number of nitrogens with one attached hydrogen (secondary N) is 1. The molecule has 0 aromatic heterocycles. The fraction of sp³-hybridized carbons (Fsp3) is 0.559. The lowest BCUT2D eigenvalue weighted by molar-refractivity contribution is -0.165. The van der Waals surface area contributed by atoms with Crippen LogP contribution in [0.25, 0.3) is 10.8 Å². The number of amides is 2. The Bertz CT molecular complexity index is 2950. The van der Waals surface area contributed by atoms with E-state index in [1.165, 1.54) is 31.9 Å². The number of esters is 1. The number of likely N-dealkylation sites (tertiary alicyclic amines) is 1. The van der Waals surface area contributed by atoms with Gasteiger partial charge >= 0.3 is 11.8 Å². The Balaban J connectivity index is 1.14. The van der Waals surface area contributed by atoms with Gasteiger partial charge in [0, 0.05) is 119 Å². The summed E-state index contributed by atoms with van der Waals surface area (Å²) in [5, 5.41) is 51.2. The zero-order valence-electron chi connectivity index (χ0n) is 46.2. The van der Waals surface area contributed by atoms with E-state index in [0.29, 0.717) is 51.5 Å². The second kappa shape index (κ2) is 23.4. The summed E-state index contributed by atoms with van der Waals surface area (Å²) in [5.74, 6) is -7.73. The number of hydrogen-bond acceptors (Lipinski definition) is 16. The van der Waals surface area contributed by atoms with Gasteiger partial charge in [0.15, 0.2) is 11.4 Å². The van der Waals surface area contributed by atoms with Crippen LogP contribution in [0.3, 0.4) is 0 Å². The average molecular weight is 1060 g/mol. The fourth-order valence-electron chi connectivity index (χ4n) is 11.7. The minimum absolute atomic E-state index is 0.00986. The number of carbonyl (C=O) groups excluding carboxylic acids is 4. The maximum atomic E-state index is 15.0. The van der Waals surface area contributed by atoms with Crippen molar-refractivity contribution in [1.29, 1.82) is 0 Å². The number of piperidine rings is 1. The third-order valence-electron chi connectivity index (χ3n) is 16.3. The third-order valence-corrected chi connectivity index (χ3v) is 16.3. The molecule has 9 rings (SSSR count). The van der Waals surface area contributed by atoms with Crippen molar-refractivity contribution in [2.45, 2.75) is 130 Å². The lowest BCUT2D eigenvalue weighted by Crippen LogP contribution is -2.47. The number of fused-ring (bicyclic) bond motifs is 13. The number of aromatic hydroxyl groups is 2.